The molecule has 2 unspecified atom stereocenters. The van der Waals surface area contributed by atoms with E-state index in [2.05, 4.69) is 10.6 Å². The molecule has 0 aromatic heterocycles. The van der Waals surface area contributed by atoms with Gasteiger partial charge in [0.1, 0.15) is 0 Å². The molecular formula is C9H17N3OS. The molecule has 0 aromatic rings. The Morgan fingerprint density at radius 1 is 1.64 bits per heavy atom. The minimum absolute atomic E-state index is 0.0654. The van der Waals surface area contributed by atoms with Crippen molar-refractivity contribution in [3.63, 3.8) is 0 Å². The number of nitrogens with one attached hydrogen (secondary N) is 2. The Morgan fingerprint density at radius 2 is 2.50 bits per heavy atom. The number of likely N-dealkylation sites (N-methyl/N-ethyl adjacent to an activating group) is 1. The Morgan fingerprint density at radius 3 is 3.07 bits per heavy atom. The first kappa shape index (κ1) is 10.3. The van der Waals surface area contributed by atoms with E-state index < -0.39 is 0 Å². The standard InChI is InChI=1S/C9H17N3OS/c1-10-7-2-3-12(4-7)9(13)8-5-14-6-11-8/h7-8,10-11H,2-6H2,1H3. The summed E-state index contributed by atoms with van der Waals surface area (Å²) in [6, 6.07) is 0.559. The zero-order valence-corrected chi connectivity index (χ0v) is 9.27. The summed E-state index contributed by atoms with van der Waals surface area (Å²) in [5, 5.41) is 6.44. The van der Waals surface area contributed by atoms with Crippen LogP contribution in [-0.2, 0) is 4.79 Å². The second-order valence-electron chi connectivity index (χ2n) is 3.83. The minimum Gasteiger partial charge on any atom is -0.340 e. The molecule has 2 atom stereocenters. The number of rotatable bonds is 2. The maximum atomic E-state index is 11.9. The molecule has 0 radical (unpaired) electrons. The molecule has 1 amide bonds. The molecule has 0 aromatic carbocycles. The lowest BCUT2D eigenvalue weighted by Gasteiger charge is -2.20. The van der Waals surface area contributed by atoms with E-state index >= 15 is 0 Å². The van der Waals surface area contributed by atoms with Gasteiger partial charge in [0, 0.05) is 30.8 Å². The quantitative estimate of drug-likeness (QED) is 0.650. The minimum atomic E-state index is 0.0654. The lowest BCUT2D eigenvalue weighted by Crippen LogP contribution is -2.44. The van der Waals surface area contributed by atoms with Gasteiger partial charge < -0.3 is 10.2 Å². The molecule has 2 N–H and O–H groups in total. The van der Waals surface area contributed by atoms with Crippen LogP contribution in [0.3, 0.4) is 0 Å². The number of nitrogens with zero attached hydrogens (tertiary/aromatic N) is 1. The van der Waals surface area contributed by atoms with Crippen molar-refractivity contribution in [3.05, 3.63) is 0 Å². The number of hydrogen-bond donors (Lipinski definition) is 2. The summed E-state index contributed by atoms with van der Waals surface area (Å²) in [6.45, 7) is 1.78. The molecule has 2 rings (SSSR count). The van der Waals surface area contributed by atoms with Gasteiger partial charge in [-0.25, -0.2) is 0 Å². The van der Waals surface area contributed by atoms with Gasteiger partial charge in [-0.1, -0.05) is 0 Å². The topological polar surface area (TPSA) is 44.4 Å². The van der Waals surface area contributed by atoms with E-state index in [1.165, 1.54) is 0 Å². The van der Waals surface area contributed by atoms with E-state index in [1.54, 1.807) is 11.8 Å². The molecule has 2 aliphatic heterocycles. The lowest BCUT2D eigenvalue weighted by atomic mass is 10.3. The highest BCUT2D eigenvalue weighted by molar-refractivity contribution is 7.99. The summed E-state index contributed by atoms with van der Waals surface area (Å²) < 4.78 is 0. The van der Waals surface area contributed by atoms with Crippen molar-refractivity contribution >= 4 is 17.7 Å². The van der Waals surface area contributed by atoms with E-state index in [0.29, 0.717) is 6.04 Å². The largest absolute Gasteiger partial charge is 0.340 e. The van der Waals surface area contributed by atoms with Crippen LogP contribution >= 0.6 is 11.8 Å². The summed E-state index contributed by atoms with van der Waals surface area (Å²) in [5.74, 6) is 2.13. The fourth-order valence-electron chi connectivity index (χ4n) is 1.97. The number of likely N-dealkylation sites (tertiary alicyclic amines) is 1. The third-order valence-corrected chi connectivity index (χ3v) is 3.86. The highest BCUT2D eigenvalue weighted by Crippen LogP contribution is 2.15. The number of carbonyl (C=O) groups is 1. The van der Waals surface area contributed by atoms with Crippen LogP contribution in [0.1, 0.15) is 6.42 Å². The third-order valence-electron chi connectivity index (χ3n) is 2.92. The molecule has 4 nitrogen and oxygen atoms in total. The SMILES string of the molecule is CNC1CCN(C(=O)C2CSCN2)C1. The fourth-order valence-corrected chi connectivity index (χ4v) is 2.90. The molecule has 5 heteroatoms. The maximum Gasteiger partial charge on any atom is 0.240 e. The maximum absolute atomic E-state index is 11.9. The average molecular weight is 215 g/mol. The van der Waals surface area contributed by atoms with Crippen LogP contribution < -0.4 is 10.6 Å². The molecule has 2 heterocycles. The normalized spacial score (nSPS) is 32.5. The van der Waals surface area contributed by atoms with Gasteiger partial charge in [0.2, 0.25) is 5.91 Å². The number of amides is 1. The van der Waals surface area contributed by atoms with Crippen LogP contribution in [0, 0.1) is 0 Å². The number of thioether (sulfide) groups is 1. The van der Waals surface area contributed by atoms with Crippen molar-refractivity contribution in [2.75, 3.05) is 31.8 Å². The van der Waals surface area contributed by atoms with Crippen LogP contribution in [0.15, 0.2) is 0 Å². The van der Waals surface area contributed by atoms with Gasteiger partial charge >= 0.3 is 0 Å². The molecule has 2 fully saturated rings. The third kappa shape index (κ3) is 2.04. The van der Waals surface area contributed by atoms with Crippen LogP contribution in [0.5, 0.6) is 0 Å². The summed E-state index contributed by atoms with van der Waals surface area (Å²) in [7, 11) is 1.96. The second kappa shape index (κ2) is 4.51. The van der Waals surface area contributed by atoms with Gasteiger partial charge in [0.05, 0.1) is 6.04 Å². The Labute approximate surface area is 88.8 Å². The smallest absolute Gasteiger partial charge is 0.240 e. The highest BCUT2D eigenvalue weighted by atomic mass is 32.2. The van der Waals surface area contributed by atoms with E-state index in [-0.39, 0.29) is 11.9 Å². The van der Waals surface area contributed by atoms with Crippen molar-refractivity contribution < 1.29 is 4.79 Å². The first-order valence-corrected chi connectivity index (χ1v) is 6.24. The van der Waals surface area contributed by atoms with Gasteiger partial charge in [0.25, 0.3) is 0 Å². The summed E-state index contributed by atoms with van der Waals surface area (Å²) in [6.07, 6.45) is 1.09. The van der Waals surface area contributed by atoms with Gasteiger partial charge in [-0.15, -0.1) is 11.8 Å². The van der Waals surface area contributed by atoms with Gasteiger partial charge in [-0.05, 0) is 13.5 Å². The first-order chi connectivity index (χ1) is 6.81. The Hall–Kier alpha value is -0.260. The monoisotopic (exact) mass is 215 g/mol. The number of carbonyl (C=O) groups excluding carboxylic acids is 1. The second-order valence-corrected chi connectivity index (χ2v) is 4.86. The zero-order valence-electron chi connectivity index (χ0n) is 8.45. The molecule has 2 saturated heterocycles. The lowest BCUT2D eigenvalue weighted by molar-refractivity contribution is -0.131. The van der Waals surface area contributed by atoms with Crippen LogP contribution in [-0.4, -0.2) is 54.7 Å². The van der Waals surface area contributed by atoms with Gasteiger partial charge in [-0.3, -0.25) is 10.1 Å². The van der Waals surface area contributed by atoms with Gasteiger partial charge in [-0.2, -0.15) is 0 Å². The van der Waals surface area contributed by atoms with E-state index in [4.69, 9.17) is 0 Å². The Bertz CT molecular complexity index is 218. The van der Waals surface area contributed by atoms with Crippen LogP contribution in [0.2, 0.25) is 0 Å². The van der Waals surface area contributed by atoms with Crippen molar-refractivity contribution in [1.29, 1.82) is 0 Å². The van der Waals surface area contributed by atoms with E-state index in [9.17, 15) is 4.79 Å². The summed E-state index contributed by atoms with van der Waals surface area (Å²) in [4.78, 5) is 13.9. The Kier molecular flexibility index (Phi) is 3.30. The van der Waals surface area contributed by atoms with Crippen molar-refractivity contribution in [2.24, 2.45) is 0 Å². The molecule has 0 saturated carbocycles. The zero-order chi connectivity index (χ0) is 9.97. The fraction of sp³-hybridized carbons (Fsp3) is 0.889. The van der Waals surface area contributed by atoms with Crippen LogP contribution in [0.25, 0.3) is 0 Å². The molecule has 80 valence electrons. The molecule has 0 spiro atoms. The predicted octanol–water partition coefficient (Wildman–Crippen LogP) is -0.531. The molecule has 0 aliphatic carbocycles. The number of hydrogen-bond acceptors (Lipinski definition) is 4. The van der Waals surface area contributed by atoms with Crippen LogP contribution in [0.4, 0.5) is 0 Å². The highest BCUT2D eigenvalue weighted by Gasteiger charge is 2.31. The molecule has 14 heavy (non-hydrogen) atoms. The summed E-state index contributed by atoms with van der Waals surface area (Å²) >= 11 is 1.80. The van der Waals surface area contributed by atoms with E-state index in [1.807, 2.05) is 11.9 Å². The predicted molar refractivity (Wildman–Crippen MR) is 58.3 cm³/mol. The molecule has 2 aliphatic rings. The van der Waals surface area contributed by atoms with Crippen molar-refractivity contribution in [1.82, 2.24) is 15.5 Å². The van der Waals surface area contributed by atoms with Crippen molar-refractivity contribution in [3.8, 4) is 0 Å². The van der Waals surface area contributed by atoms with Crippen molar-refractivity contribution in [2.45, 2.75) is 18.5 Å². The summed E-state index contributed by atoms with van der Waals surface area (Å²) in [5.41, 5.74) is 0. The molecular weight excluding hydrogens is 198 g/mol. The average Bonchev–Trinajstić information content (AvgIpc) is 2.88. The van der Waals surface area contributed by atoms with Gasteiger partial charge in [0.15, 0.2) is 0 Å². The van der Waals surface area contributed by atoms with E-state index in [0.717, 1.165) is 31.1 Å². The first-order valence-electron chi connectivity index (χ1n) is 5.08. The Balaban J connectivity index is 1.86. The molecule has 0 bridgehead atoms.